The molecule has 87 heavy (non-hydrogen) atoms. The first-order chi connectivity index (χ1) is 43.1. The molecule has 17 aromatic rings. The minimum atomic E-state index is 1.09. The fourth-order valence-corrected chi connectivity index (χ4v) is 14.4. The molecule has 0 aliphatic heterocycles. The molecule has 0 amide bonds. The molecule has 4 heteroatoms. The number of hydrogen-bond acceptors (Lipinski definition) is 0. The summed E-state index contributed by atoms with van der Waals surface area (Å²) in [4.78, 5) is 0. The van der Waals surface area contributed by atoms with Crippen molar-refractivity contribution in [3.8, 4) is 67.3 Å². The summed E-state index contributed by atoms with van der Waals surface area (Å²) >= 11 is 0. The van der Waals surface area contributed by atoms with Gasteiger partial charge >= 0.3 is 0 Å². The Balaban J connectivity index is 0.941. The largest absolute Gasteiger partial charge is 0.310 e. The molecule has 4 heterocycles. The second-order valence-corrected chi connectivity index (χ2v) is 22.8. The Hall–Kier alpha value is -11.5. The molecule has 0 spiro atoms. The predicted octanol–water partition coefficient (Wildman–Crippen LogP) is 22.3. The molecule has 0 saturated heterocycles. The third kappa shape index (κ3) is 7.78. The number of rotatable bonds is 10. The van der Waals surface area contributed by atoms with E-state index in [0.717, 1.165) is 67.3 Å². The van der Waals surface area contributed by atoms with E-state index in [0.29, 0.717) is 0 Å². The van der Waals surface area contributed by atoms with Crippen LogP contribution in [0, 0.1) is 6.92 Å². The van der Waals surface area contributed by atoms with Crippen LogP contribution in [0.2, 0.25) is 0 Å². The van der Waals surface area contributed by atoms with Crippen molar-refractivity contribution in [2.45, 2.75) is 6.92 Å². The molecule has 0 unspecified atom stereocenters. The maximum atomic E-state index is 4.05. The molecule has 0 saturated carbocycles. The van der Waals surface area contributed by atoms with Crippen LogP contribution in [0.5, 0.6) is 0 Å². The van der Waals surface area contributed by atoms with Crippen molar-refractivity contribution in [3.63, 3.8) is 0 Å². The van der Waals surface area contributed by atoms with Gasteiger partial charge in [-0.1, -0.05) is 219 Å². The van der Waals surface area contributed by atoms with Crippen LogP contribution in [-0.4, -0.2) is 18.3 Å². The van der Waals surface area contributed by atoms with Gasteiger partial charge in [0.05, 0.1) is 38.6 Å². The second kappa shape index (κ2) is 20.1. The first kappa shape index (κ1) is 50.1. The Morgan fingerprint density at radius 1 is 0.241 bits per heavy atom. The lowest BCUT2D eigenvalue weighted by Crippen LogP contribution is -2.00. The van der Waals surface area contributed by atoms with Crippen molar-refractivity contribution in [2.75, 3.05) is 0 Å². The Labute approximate surface area is 503 Å². The Morgan fingerprint density at radius 2 is 0.471 bits per heavy atom. The summed E-state index contributed by atoms with van der Waals surface area (Å²) in [5.74, 6) is 0. The van der Waals surface area contributed by atoms with Gasteiger partial charge < -0.3 is 18.3 Å². The average Bonchev–Trinajstić information content (AvgIpc) is 1.90. The first-order valence-electron chi connectivity index (χ1n) is 30.0. The van der Waals surface area contributed by atoms with Crippen molar-refractivity contribution in [1.82, 2.24) is 18.3 Å². The highest BCUT2D eigenvalue weighted by molar-refractivity contribution is 6.19. The van der Waals surface area contributed by atoms with Crippen molar-refractivity contribution >= 4 is 93.2 Å². The Kier molecular flexibility index (Phi) is 11.6. The summed E-state index contributed by atoms with van der Waals surface area (Å²) < 4.78 is 9.63. The van der Waals surface area contributed by atoms with Crippen molar-refractivity contribution in [1.29, 1.82) is 0 Å². The van der Waals surface area contributed by atoms with Crippen LogP contribution in [0.4, 0.5) is 0 Å². The Morgan fingerprint density at radius 3 is 0.759 bits per heavy atom. The molecular weight excluding hydrogens is 1050 g/mol. The van der Waals surface area contributed by atoms with E-state index in [1.807, 2.05) is 12.2 Å². The van der Waals surface area contributed by atoms with Gasteiger partial charge in [-0.25, -0.2) is 0 Å². The summed E-state index contributed by atoms with van der Waals surface area (Å²) in [6.45, 7) is 6.27. The van der Waals surface area contributed by atoms with Gasteiger partial charge in [-0.3, -0.25) is 0 Å². The van der Waals surface area contributed by atoms with Crippen molar-refractivity contribution in [3.05, 3.63) is 321 Å². The van der Waals surface area contributed by atoms with E-state index in [9.17, 15) is 0 Å². The van der Waals surface area contributed by atoms with Crippen LogP contribution in [0.25, 0.3) is 160 Å². The van der Waals surface area contributed by atoms with Gasteiger partial charge in [-0.15, -0.1) is 0 Å². The summed E-state index contributed by atoms with van der Waals surface area (Å²) in [6, 6.07) is 108. The number of allylic oxidation sites excluding steroid dienone is 2. The number of aromatic nitrogens is 4. The molecule has 13 aromatic carbocycles. The molecule has 408 valence electrons. The zero-order chi connectivity index (χ0) is 57.7. The van der Waals surface area contributed by atoms with Gasteiger partial charge in [0.25, 0.3) is 0 Å². The number of fused-ring (bicyclic) bond motifs is 11. The minimum absolute atomic E-state index is 1.09. The van der Waals surface area contributed by atoms with Gasteiger partial charge in [0.2, 0.25) is 0 Å². The van der Waals surface area contributed by atoms with Crippen LogP contribution in [0.1, 0.15) is 11.3 Å². The Bertz CT molecular complexity index is 5470. The number of nitrogens with zero attached hydrogens (tertiary/aromatic N) is 4. The number of para-hydroxylation sites is 7. The predicted molar refractivity (Wildman–Crippen MR) is 370 cm³/mol. The molecule has 0 fully saturated rings. The van der Waals surface area contributed by atoms with Crippen molar-refractivity contribution < 1.29 is 0 Å². The summed E-state index contributed by atoms with van der Waals surface area (Å²) in [5, 5.41) is 11.0. The lowest BCUT2D eigenvalue weighted by molar-refractivity contribution is 1.10. The van der Waals surface area contributed by atoms with E-state index < -0.39 is 0 Å². The normalized spacial score (nSPS) is 12.0. The highest BCUT2D eigenvalue weighted by Crippen LogP contribution is 2.52. The van der Waals surface area contributed by atoms with Crippen LogP contribution >= 0.6 is 0 Å². The first-order valence-corrected chi connectivity index (χ1v) is 30.0. The molecular formula is C83H56N4. The van der Waals surface area contributed by atoms with Gasteiger partial charge in [0.15, 0.2) is 0 Å². The fourth-order valence-electron chi connectivity index (χ4n) is 14.4. The molecule has 0 aliphatic carbocycles. The van der Waals surface area contributed by atoms with Crippen LogP contribution in [0.3, 0.4) is 0 Å². The monoisotopic (exact) mass is 1110 g/mol. The molecule has 0 radical (unpaired) electrons. The number of benzene rings is 13. The van der Waals surface area contributed by atoms with E-state index in [1.165, 1.54) is 98.3 Å². The van der Waals surface area contributed by atoms with Crippen LogP contribution < -0.4 is 0 Å². The quantitative estimate of drug-likeness (QED) is 0.122. The van der Waals surface area contributed by atoms with Crippen LogP contribution in [0.15, 0.2) is 310 Å². The maximum Gasteiger partial charge on any atom is 0.0541 e. The number of hydrogen-bond donors (Lipinski definition) is 0. The van der Waals surface area contributed by atoms with Crippen molar-refractivity contribution in [2.24, 2.45) is 0 Å². The highest BCUT2D eigenvalue weighted by atomic mass is 15.0. The molecule has 4 nitrogen and oxygen atoms in total. The standard InChI is InChI=1S/C83H56N4/c1-3-4-30-72-54(2)63-21-7-14-31-73(63)84(72)59-50-42-57(43-51-59)82-80(55-38-46-60(47-39-55)85-74-32-15-8-22-64(74)65-23-9-16-33-75(65)85)70-28-5-6-29-71(70)81(56-40-48-61(49-41-56)86-76-34-17-10-24-66(76)67-25-11-18-35-77(67)86)83(82)58-44-52-62(53-45-58)87-78-36-19-12-26-68(78)69-27-13-20-37-79(69)87/h3-53H,1H2,2H3/b30-4-. The molecule has 0 aliphatic rings. The summed E-state index contributed by atoms with van der Waals surface area (Å²) in [7, 11) is 0. The highest BCUT2D eigenvalue weighted by Gasteiger charge is 2.26. The molecule has 4 aromatic heterocycles. The number of aryl methyl sites for hydroxylation is 1. The van der Waals surface area contributed by atoms with E-state index in [4.69, 9.17) is 0 Å². The third-order valence-electron chi connectivity index (χ3n) is 18.2. The second-order valence-electron chi connectivity index (χ2n) is 22.8. The zero-order valence-electron chi connectivity index (χ0n) is 47.9. The summed E-state index contributed by atoms with van der Waals surface area (Å²) in [5.41, 5.74) is 24.3. The molecule has 0 N–H and O–H groups in total. The SMILES string of the molecule is C=C/C=C\c1c(C)c2ccccc2n1-c1ccc(-c2c(-c3ccc(-n4c5ccccc5c5ccccc54)cc3)c(-c3ccc(-n4c5ccccc5c5ccccc54)cc3)c3ccccc3c2-c2ccc(-n3c4ccccc4c4ccccc43)cc2)cc1. The van der Waals surface area contributed by atoms with E-state index in [1.54, 1.807) is 0 Å². The van der Waals surface area contributed by atoms with E-state index >= 15 is 0 Å². The molecule has 17 rings (SSSR count). The average molecular weight is 1110 g/mol. The fraction of sp³-hybridized carbons (Fsp3) is 0.0120. The summed E-state index contributed by atoms with van der Waals surface area (Å²) in [6.07, 6.45) is 6.07. The minimum Gasteiger partial charge on any atom is -0.310 e. The van der Waals surface area contributed by atoms with Gasteiger partial charge in [0.1, 0.15) is 0 Å². The molecule has 0 atom stereocenters. The van der Waals surface area contributed by atoms with Gasteiger partial charge in [0, 0.05) is 66.1 Å². The van der Waals surface area contributed by atoms with Gasteiger partial charge in [-0.2, -0.15) is 0 Å². The zero-order valence-corrected chi connectivity index (χ0v) is 47.9. The topological polar surface area (TPSA) is 19.7 Å². The lowest BCUT2D eigenvalue weighted by Gasteiger charge is -2.25. The molecule has 0 bridgehead atoms. The van der Waals surface area contributed by atoms with E-state index in [2.05, 4.69) is 329 Å². The van der Waals surface area contributed by atoms with E-state index in [-0.39, 0.29) is 0 Å². The smallest absolute Gasteiger partial charge is 0.0541 e. The lowest BCUT2D eigenvalue weighted by atomic mass is 9.79. The third-order valence-corrected chi connectivity index (χ3v) is 18.2. The van der Waals surface area contributed by atoms with Crippen LogP contribution in [-0.2, 0) is 0 Å². The maximum absolute atomic E-state index is 4.05. The van der Waals surface area contributed by atoms with Gasteiger partial charge in [-0.05, 0) is 165 Å².